The number of nitrogens with zero attached hydrogens (tertiary/aromatic N) is 6. The molecule has 3 rings (SSSR count). The van der Waals surface area contributed by atoms with E-state index in [0.717, 1.165) is 0 Å². The number of fused-ring (bicyclic) bond motifs is 1. The third kappa shape index (κ3) is 3.20. The number of ether oxygens (including phenoxy) is 2. The van der Waals surface area contributed by atoms with Crippen LogP contribution in [0.1, 0.15) is 25.8 Å². The quantitative estimate of drug-likeness (QED) is 0.745. The molecule has 10 heteroatoms. The first kappa shape index (κ1) is 17.4. The third-order valence-electron chi connectivity index (χ3n) is 3.68. The minimum absolute atomic E-state index is 0.0117. The fourth-order valence-electron chi connectivity index (χ4n) is 2.47. The lowest BCUT2D eigenvalue weighted by Gasteiger charge is -2.11. The van der Waals surface area contributed by atoms with E-state index in [0.29, 0.717) is 29.1 Å². The monoisotopic (exact) mass is 355 g/mol. The Kier molecular flexibility index (Phi) is 4.81. The summed E-state index contributed by atoms with van der Waals surface area (Å²) in [4.78, 5) is 15.9. The molecule has 3 aromatic heterocycles. The van der Waals surface area contributed by atoms with Gasteiger partial charge in [-0.05, 0) is 26.0 Å². The van der Waals surface area contributed by atoms with Crippen molar-refractivity contribution in [3.05, 3.63) is 30.2 Å². The highest BCUT2D eigenvalue weighted by Gasteiger charge is 2.17. The fraction of sp³-hybridized carbons (Fsp3) is 0.312. The van der Waals surface area contributed by atoms with Crippen molar-refractivity contribution in [2.45, 2.75) is 20.1 Å². The van der Waals surface area contributed by atoms with Crippen LogP contribution < -0.4 is 5.32 Å². The van der Waals surface area contributed by atoms with Crippen LogP contribution in [0.25, 0.3) is 16.8 Å². The van der Waals surface area contributed by atoms with Gasteiger partial charge in [0.1, 0.15) is 23.7 Å². The summed E-state index contributed by atoms with van der Waals surface area (Å²) in [6, 6.07) is 5.41. The molecule has 134 valence electrons. The second kappa shape index (κ2) is 7.20. The lowest BCUT2D eigenvalue weighted by molar-refractivity contribution is 0.0160. The number of amides is 1. The molecule has 1 atom stereocenters. The molecule has 0 spiro atoms. The summed E-state index contributed by atoms with van der Waals surface area (Å²) in [6.07, 6.45) is 2.48. The second-order valence-electron chi connectivity index (χ2n) is 5.29. The van der Waals surface area contributed by atoms with Crippen LogP contribution >= 0.6 is 0 Å². The number of nitrogens with one attached hydrogen (secondary N) is 1. The first-order valence-electron chi connectivity index (χ1n) is 7.88. The fourth-order valence-corrected chi connectivity index (χ4v) is 2.47. The normalized spacial score (nSPS) is 11.9. The highest BCUT2D eigenvalue weighted by atomic mass is 16.5. The van der Waals surface area contributed by atoms with Crippen molar-refractivity contribution < 1.29 is 14.3 Å². The lowest BCUT2D eigenvalue weighted by Crippen LogP contribution is -2.15. The van der Waals surface area contributed by atoms with Crippen LogP contribution in [-0.2, 0) is 9.47 Å². The van der Waals surface area contributed by atoms with Gasteiger partial charge in [-0.2, -0.15) is 10.4 Å². The average Bonchev–Trinajstić information content (AvgIpc) is 3.28. The highest BCUT2D eigenvalue weighted by molar-refractivity contribution is 5.84. The average molecular weight is 355 g/mol. The number of nitriles is 1. The molecule has 0 radical (unpaired) electrons. The molecular formula is C16H17N7O3. The molecule has 3 heterocycles. The standard InChI is InChI=1S/C16H17N7O3/c1-4-26-10(2)22-9-11(8-18-22)14-13-6-5-12(7-17)23(13)21-15(19-14)20-16(24)25-3/h5-6,8-10H,4H2,1-3H3,(H,20,21,24). The Morgan fingerprint density at radius 2 is 2.27 bits per heavy atom. The Morgan fingerprint density at radius 1 is 1.46 bits per heavy atom. The molecule has 1 N–H and O–H groups in total. The SMILES string of the molecule is CCOC(C)n1cc(-c2nc(NC(=O)OC)nn3c(C#N)ccc23)cn1. The third-order valence-corrected chi connectivity index (χ3v) is 3.68. The molecule has 0 bridgehead atoms. The summed E-state index contributed by atoms with van der Waals surface area (Å²) in [7, 11) is 1.24. The molecule has 0 aliphatic heterocycles. The van der Waals surface area contributed by atoms with Gasteiger partial charge in [0.15, 0.2) is 0 Å². The smallest absolute Gasteiger partial charge is 0.413 e. The second-order valence-corrected chi connectivity index (χ2v) is 5.29. The maximum atomic E-state index is 11.5. The van der Waals surface area contributed by atoms with Crippen LogP contribution in [0.3, 0.4) is 0 Å². The van der Waals surface area contributed by atoms with Gasteiger partial charge in [0.2, 0.25) is 0 Å². The Balaban J connectivity index is 2.10. The molecule has 1 unspecified atom stereocenters. The zero-order valence-electron chi connectivity index (χ0n) is 14.5. The van der Waals surface area contributed by atoms with E-state index in [1.165, 1.54) is 11.6 Å². The molecule has 26 heavy (non-hydrogen) atoms. The maximum Gasteiger partial charge on any atom is 0.413 e. The number of rotatable bonds is 5. The minimum atomic E-state index is -0.707. The number of aromatic nitrogens is 5. The zero-order chi connectivity index (χ0) is 18.7. The van der Waals surface area contributed by atoms with Gasteiger partial charge in [0, 0.05) is 18.4 Å². The molecule has 0 saturated heterocycles. The van der Waals surface area contributed by atoms with E-state index < -0.39 is 6.09 Å². The predicted octanol–water partition coefficient (Wildman–Crippen LogP) is 2.20. The summed E-state index contributed by atoms with van der Waals surface area (Å²) < 4.78 is 13.2. The lowest BCUT2D eigenvalue weighted by atomic mass is 10.2. The van der Waals surface area contributed by atoms with Crippen molar-refractivity contribution in [2.24, 2.45) is 0 Å². The molecule has 0 aliphatic carbocycles. The summed E-state index contributed by atoms with van der Waals surface area (Å²) in [6.45, 7) is 4.35. The topological polar surface area (TPSA) is 119 Å². The van der Waals surface area contributed by atoms with Crippen LogP contribution in [0.4, 0.5) is 10.7 Å². The van der Waals surface area contributed by atoms with Crippen molar-refractivity contribution >= 4 is 17.6 Å². The van der Waals surface area contributed by atoms with Gasteiger partial charge < -0.3 is 9.47 Å². The van der Waals surface area contributed by atoms with Gasteiger partial charge in [-0.15, -0.1) is 5.10 Å². The summed E-state index contributed by atoms with van der Waals surface area (Å²) >= 11 is 0. The highest BCUT2D eigenvalue weighted by Crippen LogP contribution is 2.25. The van der Waals surface area contributed by atoms with E-state index >= 15 is 0 Å². The maximum absolute atomic E-state index is 11.5. The Bertz CT molecular complexity index is 986. The van der Waals surface area contributed by atoms with Crippen molar-refractivity contribution in [1.82, 2.24) is 24.4 Å². The molecule has 0 aromatic carbocycles. The number of hydrogen-bond acceptors (Lipinski definition) is 7. The van der Waals surface area contributed by atoms with Gasteiger partial charge in [-0.1, -0.05) is 0 Å². The van der Waals surface area contributed by atoms with Gasteiger partial charge in [0.25, 0.3) is 5.95 Å². The van der Waals surface area contributed by atoms with Crippen LogP contribution in [-0.4, -0.2) is 44.2 Å². The molecule has 0 aliphatic rings. The number of anilines is 1. The summed E-state index contributed by atoms with van der Waals surface area (Å²) in [5, 5.41) is 20.2. The largest absolute Gasteiger partial charge is 0.453 e. The van der Waals surface area contributed by atoms with Crippen molar-refractivity contribution in [3.63, 3.8) is 0 Å². The van der Waals surface area contributed by atoms with E-state index in [2.05, 4.69) is 31.3 Å². The summed E-state index contributed by atoms with van der Waals surface area (Å²) in [5.41, 5.74) is 2.13. The Morgan fingerprint density at radius 3 is 2.96 bits per heavy atom. The predicted molar refractivity (Wildman–Crippen MR) is 91.3 cm³/mol. The molecular weight excluding hydrogens is 338 g/mol. The van der Waals surface area contributed by atoms with Gasteiger partial charge >= 0.3 is 6.09 Å². The molecule has 1 amide bonds. The van der Waals surface area contributed by atoms with Crippen LogP contribution in [0.15, 0.2) is 24.5 Å². The Labute approximate surface area is 149 Å². The molecule has 0 fully saturated rings. The van der Waals surface area contributed by atoms with Crippen molar-refractivity contribution in [3.8, 4) is 17.3 Å². The van der Waals surface area contributed by atoms with E-state index in [9.17, 15) is 10.1 Å². The van der Waals surface area contributed by atoms with Crippen LogP contribution in [0, 0.1) is 11.3 Å². The molecule has 3 aromatic rings. The van der Waals surface area contributed by atoms with E-state index in [1.807, 2.05) is 13.8 Å². The molecule has 10 nitrogen and oxygen atoms in total. The van der Waals surface area contributed by atoms with Crippen molar-refractivity contribution in [2.75, 3.05) is 19.0 Å². The van der Waals surface area contributed by atoms with E-state index in [4.69, 9.17) is 4.74 Å². The number of methoxy groups -OCH3 is 1. The van der Waals surface area contributed by atoms with Gasteiger partial charge in [-0.3, -0.25) is 5.32 Å². The van der Waals surface area contributed by atoms with E-state index in [-0.39, 0.29) is 12.2 Å². The number of carbonyl (C=O) groups is 1. The van der Waals surface area contributed by atoms with Gasteiger partial charge in [0.05, 0.1) is 18.8 Å². The first-order valence-corrected chi connectivity index (χ1v) is 7.88. The minimum Gasteiger partial charge on any atom is -0.453 e. The first-order chi connectivity index (χ1) is 12.6. The number of carbonyl (C=O) groups excluding carboxylic acids is 1. The van der Waals surface area contributed by atoms with E-state index in [1.54, 1.807) is 29.2 Å². The molecule has 0 saturated carbocycles. The van der Waals surface area contributed by atoms with Gasteiger partial charge in [-0.25, -0.2) is 19.0 Å². The van der Waals surface area contributed by atoms with Crippen LogP contribution in [0.2, 0.25) is 0 Å². The van der Waals surface area contributed by atoms with Crippen LogP contribution in [0.5, 0.6) is 0 Å². The zero-order valence-corrected chi connectivity index (χ0v) is 14.5. The number of hydrogen-bond donors (Lipinski definition) is 1. The van der Waals surface area contributed by atoms with Crippen molar-refractivity contribution in [1.29, 1.82) is 5.26 Å². The Hall–Kier alpha value is -3.45. The summed E-state index contributed by atoms with van der Waals surface area (Å²) in [5.74, 6) is 0.0117.